The van der Waals surface area contributed by atoms with Crippen LogP contribution in [0.4, 0.5) is 5.95 Å². The quantitative estimate of drug-likeness (QED) is 0.830. The highest BCUT2D eigenvalue weighted by Gasteiger charge is 2.38. The van der Waals surface area contributed by atoms with Crippen molar-refractivity contribution in [1.29, 1.82) is 0 Å². The van der Waals surface area contributed by atoms with Crippen LogP contribution < -0.4 is 10.6 Å². The highest BCUT2D eigenvalue weighted by atomic mass is 16.2. The Morgan fingerprint density at radius 1 is 1.29 bits per heavy atom. The minimum Gasteiger partial charge on any atom is -0.369 e. The van der Waals surface area contributed by atoms with Gasteiger partial charge in [0.25, 0.3) is 0 Å². The van der Waals surface area contributed by atoms with Crippen molar-refractivity contribution >= 4 is 17.8 Å². The van der Waals surface area contributed by atoms with E-state index in [-0.39, 0.29) is 30.2 Å². The van der Waals surface area contributed by atoms with Crippen LogP contribution in [-0.2, 0) is 9.59 Å². The number of rotatable bonds is 3. The summed E-state index contributed by atoms with van der Waals surface area (Å²) in [4.78, 5) is 35.8. The van der Waals surface area contributed by atoms with Gasteiger partial charge in [0.05, 0.1) is 5.92 Å². The summed E-state index contributed by atoms with van der Waals surface area (Å²) in [5.74, 6) is -0.00862. The second-order valence-corrected chi connectivity index (χ2v) is 5.64. The summed E-state index contributed by atoms with van der Waals surface area (Å²) in [5, 5.41) is 0. The molecule has 0 saturated carbocycles. The molecule has 1 aromatic rings. The first-order valence-electron chi connectivity index (χ1n) is 7.26. The maximum absolute atomic E-state index is 12.1. The number of hydrogen-bond donors (Lipinski definition) is 1. The van der Waals surface area contributed by atoms with Gasteiger partial charge in [0, 0.05) is 44.5 Å². The van der Waals surface area contributed by atoms with Crippen LogP contribution in [0.3, 0.4) is 0 Å². The Bertz CT molecular complexity index is 535. The molecule has 3 heterocycles. The average Bonchev–Trinajstić information content (AvgIpc) is 2.91. The zero-order chi connectivity index (χ0) is 14.8. The van der Waals surface area contributed by atoms with Crippen molar-refractivity contribution in [3.63, 3.8) is 0 Å². The molecule has 2 unspecified atom stereocenters. The minimum atomic E-state index is -0.384. The van der Waals surface area contributed by atoms with E-state index in [1.54, 1.807) is 18.5 Å². The van der Waals surface area contributed by atoms with E-state index in [1.165, 1.54) is 0 Å². The first-order valence-corrected chi connectivity index (χ1v) is 7.26. The Labute approximate surface area is 123 Å². The van der Waals surface area contributed by atoms with E-state index in [2.05, 4.69) is 14.9 Å². The summed E-state index contributed by atoms with van der Waals surface area (Å²) in [5.41, 5.74) is 5.32. The van der Waals surface area contributed by atoms with Gasteiger partial charge in [-0.2, -0.15) is 0 Å². The third-order valence-corrected chi connectivity index (χ3v) is 4.23. The SMILES string of the molecule is NC(=O)C1CC(=O)N(C2CCCN(c3ncccn3)C2)C1. The van der Waals surface area contributed by atoms with Crippen molar-refractivity contribution in [1.82, 2.24) is 14.9 Å². The third kappa shape index (κ3) is 2.81. The van der Waals surface area contributed by atoms with Crippen LogP contribution in [0.5, 0.6) is 0 Å². The zero-order valence-corrected chi connectivity index (χ0v) is 11.8. The molecule has 2 aliphatic rings. The molecule has 3 rings (SSSR count). The minimum absolute atomic E-state index is 0.0274. The number of amides is 2. The second-order valence-electron chi connectivity index (χ2n) is 5.64. The molecule has 0 spiro atoms. The number of primary amides is 1. The lowest BCUT2D eigenvalue weighted by atomic mass is 10.0. The van der Waals surface area contributed by atoms with Gasteiger partial charge in [0.2, 0.25) is 17.8 Å². The van der Waals surface area contributed by atoms with Crippen molar-refractivity contribution < 1.29 is 9.59 Å². The fourth-order valence-corrected chi connectivity index (χ4v) is 3.12. The van der Waals surface area contributed by atoms with E-state index in [0.29, 0.717) is 19.0 Å². The van der Waals surface area contributed by atoms with E-state index in [4.69, 9.17) is 5.73 Å². The summed E-state index contributed by atoms with van der Waals surface area (Å²) in [6.07, 6.45) is 5.61. The summed E-state index contributed by atoms with van der Waals surface area (Å²) in [6, 6.07) is 1.89. The van der Waals surface area contributed by atoms with Gasteiger partial charge in [0.1, 0.15) is 0 Å². The predicted molar refractivity (Wildman–Crippen MR) is 76.3 cm³/mol. The highest BCUT2D eigenvalue weighted by Crippen LogP contribution is 2.26. The van der Waals surface area contributed by atoms with Crippen LogP contribution in [0.25, 0.3) is 0 Å². The average molecular weight is 289 g/mol. The van der Waals surface area contributed by atoms with Crippen LogP contribution in [0.1, 0.15) is 19.3 Å². The summed E-state index contributed by atoms with van der Waals surface area (Å²) in [6.45, 7) is 2.05. The molecule has 7 heteroatoms. The van der Waals surface area contributed by atoms with E-state index >= 15 is 0 Å². The van der Waals surface area contributed by atoms with Crippen molar-refractivity contribution in [2.75, 3.05) is 24.5 Å². The molecule has 0 radical (unpaired) electrons. The van der Waals surface area contributed by atoms with Gasteiger partial charge in [-0.15, -0.1) is 0 Å². The second kappa shape index (κ2) is 5.67. The maximum Gasteiger partial charge on any atom is 0.225 e. The summed E-state index contributed by atoms with van der Waals surface area (Å²) in [7, 11) is 0. The first kappa shape index (κ1) is 13.8. The molecule has 112 valence electrons. The van der Waals surface area contributed by atoms with Crippen LogP contribution in [0, 0.1) is 5.92 Å². The van der Waals surface area contributed by atoms with Gasteiger partial charge < -0.3 is 15.5 Å². The smallest absolute Gasteiger partial charge is 0.225 e. The van der Waals surface area contributed by atoms with Crippen molar-refractivity contribution in [3.05, 3.63) is 18.5 Å². The summed E-state index contributed by atoms with van der Waals surface area (Å²) >= 11 is 0. The largest absolute Gasteiger partial charge is 0.369 e. The van der Waals surface area contributed by atoms with Gasteiger partial charge >= 0.3 is 0 Å². The number of hydrogen-bond acceptors (Lipinski definition) is 5. The fourth-order valence-electron chi connectivity index (χ4n) is 3.12. The number of piperidine rings is 1. The Hall–Kier alpha value is -2.18. The molecule has 0 bridgehead atoms. The molecule has 2 fully saturated rings. The molecular formula is C14H19N5O2. The topological polar surface area (TPSA) is 92.4 Å². The standard InChI is InChI=1S/C14H19N5O2/c15-13(21)10-7-12(20)19(8-10)11-3-1-6-18(9-11)14-16-4-2-5-17-14/h2,4-5,10-11H,1,3,6-9H2,(H2,15,21). The molecule has 2 aliphatic heterocycles. The third-order valence-electron chi connectivity index (χ3n) is 4.23. The van der Waals surface area contributed by atoms with Crippen LogP contribution in [-0.4, -0.2) is 52.4 Å². The number of nitrogens with zero attached hydrogens (tertiary/aromatic N) is 4. The molecule has 1 aromatic heterocycles. The molecule has 2 atom stereocenters. The number of aromatic nitrogens is 2. The zero-order valence-electron chi connectivity index (χ0n) is 11.8. The molecule has 2 saturated heterocycles. The maximum atomic E-state index is 12.1. The molecular weight excluding hydrogens is 270 g/mol. The van der Waals surface area contributed by atoms with Crippen molar-refractivity contribution in [2.24, 2.45) is 11.7 Å². The van der Waals surface area contributed by atoms with Crippen molar-refractivity contribution in [2.45, 2.75) is 25.3 Å². The van der Waals surface area contributed by atoms with E-state index in [1.807, 2.05) is 4.90 Å². The number of likely N-dealkylation sites (tertiary alicyclic amines) is 1. The number of carbonyl (C=O) groups excluding carboxylic acids is 2. The summed E-state index contributed by atoms with van der Waals surface area (Å²) < 4.78 is 0. The van der Waals surface area contributed by atoms with Gasteiger partial charge in [-0.25, -0.2) is 9.97 Å². The van der Waals surface area contributed by atoms with Crippen LogP contribution in [0.2, 0.25) is 0 Å². The first-order chi connectivity index (χ1) is 10.1. The lowest BCUT2D eigenvalue weighted by Gasteiger charge is -2.37. The Morgan fingerprint density at radius 3 is 2.71 bits per heavy atom. The van der Waals surface area contributed by atoms with Crippen LogP contribution >= 0.6 is 0 Å². The lowest BCUT2D eigenvalue weighted by molar-refractivity contribution is -0.130. The van der Waals surface area contributed by atoms with Crippen LogP contribution in [0.15, 0.2) is 18.5 Å². The molecule has 2 amide bonds. The number of nitrogens with two attached hydrogens (primary N) is 1. The molecule has 0 aromatic carbocycles. The van der Waals surface area contributed by atoms with E-state index < -0.39 is 0 Å². The molecule has 21 heavy (non-hydrogen) atoms. The van der Waals surface area contributed by atoms with E-state index in [0.717, 1.165) is 19.4 Å². The Morgan fingerprint density at radius 2 is 2.05 bits per heavy atom. The monoisotopic (exact) mass is 289 g/mol. The van der Waals surface area contributed by atoms with Gasteiger partial charge in [0.15, 0.2) is 0 Å². The molecule has 7 nitrogen and oxygen atoms in total. The van der Waals surface area contributed by atoms with Gasteiger partial charge in [-0.1, -0.05) is 0 Å². The highest BCUT2D eigenvalue weighted by molar-refractivity contribution is 5.88. The normalized spacial score (nSPS) is 26.2. The fraction of sp³-hybridized carbons (Fsp3) is 0.571. The Kier molecular flexibility index (Phi) is 3.72. The Balaban J connectivity index is 1.69. The van der Waals surface area contributed by atoms with Gasteiger partial charge in [-0.3, -0.25) is 9.59 Å². The number of carbonyl (C=O) groups is 2. The number of anilines is 1. The molecule has 2 N–H and O–H groups in total. The van der Waals surface area contributed by atoms with Crippen molar-refractivity contribution in [3.8, 4) is 0 Å². The predicted octanol–water partition coefficient (Wildman–Crippen LogP) is -0.221. The van der Waals surface area contributed by atoms with Gasteiger partial charge in [-0.05, 0) is 18.9 Å². The lowest BCUT2D eigenvalue weighted by Crippen LogP contribution is -2.49. The molecule has 0 aliphatic carbocycles. The van der Waals surface area contributed by atoms with E-state index in [9.17, 15) is 9.59 Å².